The summed E-state index contributed by atoms with van der Waals surface area (Å²) in [5.41, 5.74) is 2.37. The van der Waals surface area contributed by atoms with Crippen molar-refractivity contribution in [3.05, 3.63) is 54.7 Å². The van der Waals surface area contributed by atoms with Crippen LogP contribution in [-0.4, -0.2) is 16.9 Å². The fraction of sp³-hybridized carbons (Fsp3) is 0.333. The molecule has 6 heteroatoms. The lowest BCUT2D eigenvalue weighted by Gasteiger charge is -2.06. The minimum Gasteiger partial charge on any atom is -0.481 e. The van der Waals surface area contributed by atoms with Crippen molar-refractivity contribution in [1.29, 1.82) is 0 Å². The maximum absolute atomic E-state index is 12.9. The summed E-state index contributed by atoms with van der Waals surface area (Å²) in [5.74, 6) is -0.568. The van der Waals surface area contributed by atoms with Gasteiger partial charge in [-0.05, 0) is 55.9 Å². The van der Waals surface area contributed by atoms with E-state index >= 15 is 0 Å². The number of carbonyl (C=O) groups is 2. The zero-order valence-corrected chi connectivity index (χ0v) is 15.4. The fourth-order valence-electron chi connectivity index (χ4n) is 3.29. The second-order valence-electron chi connectivity index (χ2n) is 6.00. The smallest absolute Gasteiger partial charge is 0.303 e. The van der Waals surface area contributed by atoms with Crippen molar-refractivity contribution in [2.75, 3.05) is 0 Å². The van der Waals surface area contributed by atoms with Gasteiger partial charge in [-0.3, -0.25) is 9.59 Å². The van der Waals surface area contributed by atoms with Crippen LogP contribution in [0.1, 0.15) is 56.4 Å². The van der Waals surface area contributed by atoms with E-state index in [0.717, 1.165) is 28.8 Å². The van der Waals surface area contributed by atoms with Crippen LogP contribution in [0.25, 0.3) is 0 Å². The van der Waals surface area contributed by atoms with E-state index in [9.17, 15) is 9.59 Å². The minimum atomic E-state index is -0.774. The van der Waals surface area contributed by atoms with Crippen molar-refractivity contribution >= 4 is 46.3 Å². The van der Waals surface area contributed by atoms with Gasteiger partial charge >= 0.3 is 5.97 Å². The lowest BCUT2D eigenvalue weighted by molar-refractivity contribution is -0.137. The third kappa shape index (κ3) is 3.23. The van der Waals surface area contributed by atoms with Crippen molar-refractivity contribution in [1.82, 2.24) is 0 Å². The van der Waals surface area contributed by atoms with Gasteiger partial charge in [-0.1, -0.05) is 23.2 Å². The molecule has 3 nitrogen and oxygen atoms in total. The molecule has 0 bridgehead atoms. The van der Waals surface area contributed by atoms with Gasteiger partial charge in [-0.2, -0.15) is 0 Å². The molecule has 1 N–H and O–H groups in total. The standard InChI is InChI=1S/C18H16Cl2O3S/c1-9-16(17(23)11-3-6-13(19)14(20)8-11)12-5-2-10(18(12)24-9)4-7-15(21)22/h3,6,8,10H,2,4-5,7H2,1H3,(H,21,22). The predicted octanol–water partition coefficient (Wildman–Crippen LogP) is 5.49. The summed E-state index contributed by atoms with van der Waals surface area (Å²) in [4.78, 5) is 25.9. The molecule has 0 saturated carbocycles. The Morgan fingerprint density at radius 3 is 2.71 bits per heavy atom. The Morgan fingerprint density at radius 1 is 1.29 bits per heavy atom. The summed E-state index contributed by atoms with van der Waals surface area (Å²) >= 11 is 13.6. The number of aryl methyl sites for hydroxylation is 1. The zero-order chi connectivity index (χ0) is 17.4. The third-order valence-corrected chi connectivity index (χ3v) is 6.49. The van der Waals surface area contributed by atoms with Gasteiger partial charge in [0.2, 0.25) is 0 Å². The molecule has 1 aliphatic carbocycles. The number of fused-ring (bicyclic) bond motifs is 1. The van der Waals surface area contributed by atoms with Gasteiger partial charge in [-0.15, -0.1) is 11.3 Å². The first-order valence-electron chi connectivity index (χ1n) is 7.72. The van der Waals surface area contributed by atoms with Crippen LogP contribution in [-0.2, 0) is 11.2 Å². The van der Waals surface area contributed by atoms with Gasteiger partial charge in [0.25, 0.3) is 0 Å². The van der Waals surface area contributed by atoms with Crippen molar-refractivity contribution < 1.29 is 14.7 Å². The Bertz CT molecular complexity index is 826. The zero-order valence-electron chi connectivity index (χ0n) is 13.1. The van der Waals surface area contributed by atoms with Gasteiger partial charge < -0.3 is 5.11 Å². The molecular weight excluding hydrogens is 367 g/mol. The molecule has 0 saturated heterocycles. The van der Waals surface area contributed by atoms with E-state index in [-0.39, 0.29) is 18.1 Å². The molecular formula is C18H16Cl2O3S. The highest BCUT2D eigenvalue weighted by Crippen LogP contribution is 2.45. The van der Waals surface area contributed by atoms with Crippen LogP contribution in [0.15, 0.2) is 18.2 Å². The monoisotopic (exact) mass is 382 g/mol. The molecule has 0 aliphatic heterocycles. The van der Waals surface area contributed by atoms with Crippen LogP contribution in [0, 0.1) is 6.92 Å². The van der Waals surface area contributed by atoms with Gasteiger partial charge in [0.15, 0.2) is 5.78 Å². The molecule has 0 amide bonds. The predicted molar refractivity (Wildman–Crippen MR) is 96.9 cm³/mol. The van der Waals surface area contributed by atoms with E-state index in [1.807, 2.05) is 6.92 Å². The number of ketones is 1. The molecule has 0 fully saturated rings. The summed E-state index contributed by atoms with van der Waals surface area (Å²) in [6.45, 7) is 1.95. The van der Waals surface area contributed by atoms with Crippen molar-refractivity contribution in [2.45, 2.75) is 38.5 Å². The average Bonchev–Trinajstić information content (AvgIpc) is 3.05. The average molecular weight is 383 g/mol. The molecule has 1 aliphatic rings. The first kappa shape index (κ1) is 17.5. The number of thiophene rings is 1. The summed E-state index contributed by atoms with van der Waals surface area (Å²) in [6.07, 6.45) is 2.53. The molecule has 1 atom stereocenters. The Labute approximate surface area is 154 Å². The topological polar surface area (TPSA) is 54.4 Å². The lowest BCUT2D eigenvalue weighted by Crippen LogP contribution is -2.04. The summed E-state index contributed by atoms with van der Waals surface area (Å²) < 4.78 is 0. The van der Waals surface area contributed by atoms with Gasteiger partial charge in [0.05, 0.1) is 10.0 Å². The summed E-state index contributed by atoms with van der Waals surface area (Å²) in [7, 11) is 0. The number of hydrogen-bond acceptors (Lipinski definition) is 3. The number of carboxylic acids is 1. The highest BCUT2D eigenvalue weighted by molar-refractivity contribution is 7.12. The molecule has 1 unspecified atom stereocenters. The number of aliphatic carboxylic acids is 1. The van der Waals surface area contributed by atoms with E-state index in [1.54, 1.807) is 29.5 Å². The van der Waals surface area contributed by atoms with E-state index in [1.165, 1.54) is 4.88 Å². The molecule has 1 aromatic heterocycles. The van der Waals surface area contributed by atoms with Crippen LogP contribution >= 0.6 is 34.5 Å². The normalized spacial score (nSPS) is 16.2. The lowest BCUT2D eigenvalue weighted by atomic mass is 9.98. The van der Waals surface area contributed by atoms with Crippen LogP contribution in [0.2, 0.25) is 10.0 Å². The third-order valence-electron chi connectivity index (χ3n) is 4.44. The highest BCUT2D eigenvalue weighted by Gasteiger charge is 2.31. The quantitative estimate of drug-likeness (QED) is 0.695. The van der Waals surface area contributed by atoms with Crippen LogP contribution in [0.5, 0.6) is 0 Å². The fourth-order valence-corrected chi connectivity index (χ4v) is 4.97. The number of rotatable bonds is 5. The van der Waals surface area contributed by atoms with Crippen LogP contribution < -0.4 is 0 Å². The Morgan fingerprint density at radius 2 is 2.04 bits per heavy atom. The Kier molecular flexibility index (Phi) is 5.00. The van der Waals surface area contributed by atoms with Crippen molar-refractivity contribution in [3.63, 3.8) is 0 Å². The number of benzene rings is 1. The SMILES string of the molecule is Cc1sc2c(c1C(=O)c1ccc(Cl)c(Cl)c1)CCC2CCC(=O)O. The summed E-state index contributed by atoms with van der Waals surface area (Å²) in [6, 6.07) is 4.93. The molecule has 0 radical (unpaired) electrons. The Balaban J connectivity index is 1.92. The molecule has 1 aromatic carbocycles. The second kappa shape index (κ2) is 6.87. The summed E-state index contributed by atoms with van der Waals surface area (Å²) in [5, 5.41) is 9.69. The van der Waals surface area contributed by atoms with Crippen LogP contribution in [0.4, 0.5) is 0 Å². The van der Waals surface area contributed by atoms with Crippen molar-refractivity contribution in [2.24, 2.45) is 0 Å². The highest BCUT2D eigenvalue weighted by atomic mass is 35.5. The number of halogens is 2. The molecule has 0 spiro atoms. The number of carboxylic acid groups (broad SMARTS) is 1. The molecule has 24 heavy (non-hydrogen) atoms. The van der Waals surface area contributed by atoms with Crippen LogP contribution in [0.3, 0.4) is 0 Å². The van der Waals surface area contributed by atoms with E-state index in [2.05, 4.69) is 0 Å². The van der Waals surface area contributed by atoms with Crippen molar-refractivity contribution in [3.8, 4) is 0 Å². The van der Waals surface area contributed by atoms with Gasteiger partial charge in [0.1, 0.15) is 0 Å². The number of carbonyl (C=O) groups excluding carboxylic acids is 1. The molecule has 1 heterocycles. The maximum Gasteiger partial charge on any atom is 0.303 e. The van der Waals surface area contributed by atoms with E-state index in [0.29, 0.717) is 22.0 Å². The van der Waals surface area contributed by atoms with E-state index in [4.69, 9.17) is 28.3 Å². The van der Waals surface area contributed by atoms with Gasteiger partial charge in [-0.25, -0.2) is 0 Å². The molecule has 2 aromatic rings. The maximum atomic E-state index is 12.9. The molecule has 126 valence electrons. The van der Waals surface area contributed by atoms with E-state index < -0.39 is 5.97 Å². The first-order valence-corrected chi connectivity index (χ1v) is 9.29. The molecule has 3 rings (SSSR count). The Hall–Kier alpha value is -1.36. The second-order valence-corrected chi connectivity index (χ2v) is 8.07. The van der Waals surface area contributed by atoms with Gasteiger partial charge in [0, 0.05) is 27.3 Å². The largest absolute Gasteiger partial charge is 0.481 e. The minimum absolute atomic E-state index is 0.0394. The number of hydrogen-bond donors (Lipinski definition) is 1. The first-order chi connectivity index (χ1) is 11.4.